The van der Waals surface area contributed by atoms with Gasteiger partial charge in [-0.2, -0.15) is 0 Å². The molecule has 0 heterocycles. The molecule has 0 aliphatic rings. The fourth-order valence-corrected chi connectivity index (χ4v) is 4.78. The summed E-state index contributed by atoms with van der Waals surface area (Å²) in [6, 6.07) is 9.51. The number of nitrogens with one attached hydrogen (secondary N) is 1. The second-order valence-electron chi connectivity index (χ2n) is 13.7. The molecule has 0 aliphatic carbocycles. The third kappa shape index (κ3) is 15.4. The monoisotopic (exact) mass is 629 g/mol. The van der Waals surface area contributed by atoms with Gasteiger partial charge in [-0.15, -0.1) is 0 Å². The number of nitro benzene ring substituents is 2. The second kappa shape index (κ2) is 18.5. The normalized spacial score (nSPS) is 11.9. The Labute approximate surface area is 267 Å². The number of rotatable bonds is 20. The predicted molar refractivity (Wildman–Crippen MR) is 176 cm³/mol. The van der Waals surface area contributed by atoms with Gasteiger partial charge in [0.15, 0.2) is 0 Å². The molecule has 2 aromatic rings. The van der Waals surface area contributed by atoms with E-state index >= 15 is 0 Å². The maximum Gasteiger partial charge on any atom is 0.280 e. The lowest BCUT2D eigenvalue weighted by Gasteiger charge is -2.18. The topological polar surface area (TPSA) is 143 Å². The fourth-order valence-electron chi connectivity index (χ4n) is 4.78. The quantitative estimate of drug-likeness (QED) is 0.0883. The summed E-state index contributed by atoms with van der Waals surface area (Å²) in [4.78, 5) is 35.3. The van der Waals surface area contributed by atoms with Crippen molar-refractivity contribution < 1.29 is 28.9 Å². The first kappa shape index (κ1) is 37.8. The lowest BCUT2D eigenvalue weighted by atomic mass is 9.88. The molecule has 2 rings (SSSR count). The fraction of sp³-hybridized carbons (Fsp3) is 0.618. The highest BCUT2D eigenvalue weighted by Crippen LogP contribution is 2.32. The van der Waals surface area contributed by atoms with Crippen LogP contribution in [-0.4, -0.2) is 55.4 Å². The molecule has 250 valence electrons. The summed E-state index contributed by atoms with van der Waals surface area (Å²) >= 11 is 0. The molecular formula is C34H51N3O8. The van der Waals surface area contributed by atoms with E-state index in [0.29, 0.717) is 57.0 Å². The Bertz CT molecular complexity index is 1200. The van der Waals surface area contributed by atoms with Crippen LogP contribution in [0, 0.1) is 31.1 Å². The van der Waals surface area contributed by atoms with Crippen molar-refractivity contribution in [2.24, 2.45) is 10.8 Å². The molecule has 0 unspecified atom stereocenters. The predicted octanol–water partition coefficient (Wildman–Crippen LogP) is 7.93. The van der Waals surface area contributed by atoms with Gasteiger partial charge >= 0.3 is 0 Å². The van der Waals surface area contributed by atoms with E-state index in [9.17, 15) is 25.0 Å². The van der Waals surface area contributed by atoms with Crippen molar-refractivity contribution in [1.82, 2.24) is 0 Å². The van der Waals surface area contributed by atoms with Gasteiger partial charge in [0.2, 0.25) is 0 Å². The van der Waals surface area contributed by atoms with Crippen LogP contribution in [-0.2, 0) is 27.1 Å². The highest BCUT2D eigenvalue weighted by Gasteiger charge is 2.28. The molecule has 1 amide bonds. The maximum atomic E-state index is 12.9. The lowest BCUT2D eigenvalue weighted by Crippen LogP contribution is -2.14. The van der Waals surface area contributed by atoms with Gasteiger partial charge in [-0.3, -0.25) is 25.0 Å². The highest BCUT2D eigenvalue weighted by atomic mass is 16.6. The van der Waals surface area contributed by atoms with E-state index in [-0.39, 0.29) is 23.0 Å². The minimum atomic E-state index is -0.677. The van der Waals surface area contributed by atoms with Gasteiger partial charge in [-0.25, -0.2) is 0 Å². The number of unbranched alkanes of at least 4 members (excludes halogenated alkanes) is 2. The molecular weight excluding hydrogens is 578 g/mol. The van der Waals surface area contributed by atoms with Gasteiger partial charge in [0.05, 0.1) is 41.8 Å². The van der Waals surface area contributed by atoms with Crippen LogP contribution in [0.5, 0.6) is 0 Å². The molecule has 1 N–H and O–H groups in total. The summed E-state index contributed by atoms with van der Waals surface area (Å²) in [5.74, 6) is -0.658. The average molecular weight is 630 g/mol. The number of nitro groups is 2. The van der Waals surface area contributed by atoms with Crippen molar-refractivity contribution in [3.05, 3.63) is 73.3 Å². The molecule has 11 heteroatoms. The summed E-state index contributed by atoms with van der Waals surface area (Å²) in [6.45, 7) is 16.1. The molecule has 0 spiro atoms. The first-order valence-corrected chi connectivity index (χ1v) is 15.8. The van der Waals surface area contributed by atoms with Crippen LogP contribution in [0.1, 0.15) is 95.1 Å². The minimum Gasteiger partial charge on any atom is -0.379 e. The Morgan fingerprint density at radius 2 is 1.20 bits per heavy atom. The molecule has 0 saturated carbocycles. The Morgan fingerprint density at radius 1 is 0.711 bits per heavy atom. The number of nitrogens with zero attached hydrogens (tertiary/aromatic N) is 2. The molecule has 0 bridgehead atoms. The van der Waals surface area contributed by atoms with Crippen molar-refractivity contribution in [2.45, 2.75) is 86.5 Å². The number of benzene rings is 2. The first-order chi connectivity index (χ1) is 21.2. The van der Waals surface area contributed by atoms with Crippen LogP contribution < -0.4 is 5.32 Å². The number of anilines is 1. The molecule has 0 atom stereocenters. The van der Waals surface area contributed by atoms with Crippen LogP contribution in [0.3, 0.4) is 0 Å². The smallest absolute Gasteiger partial charge is 0.280 e. The molecule has 11 nitrogen and oxygen atoms in total. The zero-order valence-electron chi connectivity index (χ0n) is 27.8. The molecule has 0 radical (unpaired) electrons. The first-order valence-electron chi connectivity index (χ1n) is 15.8. The Kier molecular flexibility index (Phi) is 15.6. The molecule has 0 fully saturated rings. The summed E-state index contributed by atoms with van der Waals surface area (Å²) < 4.78 is 16.7. The zero-order valence-corrected chi connectivity index (χ0v) is 27.8. The number of hydrogen-bond donors (Lipinski definition) is 1. The number of carbonyl (C=O) groups is 1. The van der Waals surface area contributed by atoms with Crippen molar-refractivity contribution in [2.75, 3.05) is 45.0 Å². The van der Waals surface area contributed by atoms with E-state index in [0.717, 1.165) is 43.6 Å². The van der Waals surface area contributed by atoms with Crippen LogP contribution in [0.4, 0.5) is 17.1 Å². The third-order valence-corrected chi connectivity index (χ3v) is 6.98. The minimum absolute atomic E-state index is 0.00479. The molecule has 2 aromatic carbocycles. The standard InChI is InChI=1S/C34H51N3O8/c1-33(2,3)16-8-10-18-44-20-22-45-21-19-43-17-9-7-11-29-30(36(39)40)23-27(24-31(29)37(41)42)32(38)35-28-14-12-26(13-15-28)25-34(4,5)6/h12-15,23-24H,7-11,16-22,25H2,1-6H3,(H,35,38). The van der Waals surface area contributed by atoms with Crippen molar-refractivity contribution in [1.29, 1.82) is 0 Å². The summed E-state index contributed by atoms with van der Waals surface area (Å²) in [5.41, 5.74) is 1.01. The van der Waals surface area contributed by atoms with Crippen molar-refractivity contribution >= 4 is 23.0 Å². The number of hydrogen-bond acceptors (Lipinski definition) is 8. The van der Waals surface area contributed by atoms with Crippen LogP contribution >= 0.6 is 0 Å². The Balaban J connectivity index is 1.80. The lowest BCUT2D eigenvalue weighted by molar-refractivity contribution is -0.395. The van der Waals surface area contributed by atoms with Crippen molar-refractivity contribution in [3.63, 3.8) is 0 Å². The largest absolute Gasteiger partial charge is 0.379 e. The average Bonchev–Trinajstić information content (AvgIpc) is 2.94. The highest BCUT2D eigenvalue weighted by molar-refractivity contribution is 6.05. The third-order valence-electron chi connectivity index (χ3n) is 6.98. The van der Waals surface area contributed by atoms with Crippen molar-refractivity contribution in [3.8, 4) is 0 Å². The molecule has 45 heavy (non-hydrogen) atoms. The van der Waals surface area contributed by atoms with Crippen LogP contribution in [0.2, 0.25) is 0 Å². The van der Waals surface area contributed by atoms with E-state index in [1.54, 1.807) is 12.1 Å². The Hall–Kier alpha value is -3.41. The van der Waals surface area contributed by atoms with E-state index in [1.807, 2.05) is 12.1 Å². The van der Waals surface area contributed by atoms with Gasteiger partial charge < -0.3 is 19.5 Å². The maximum absolute atomic E-state index is 12.9. The van der Waals surface area contributed by atoms with E-state index in [4.69, 9.17) is 14.2 Å². The molecule has 0 saturated heterocycles. The van der Waals surface area contributed by atoms with E-state index < -0.39 is 27.1 Å². The van der Waals surface area contributed by atoms with Gasteiger partial charge in [0, 0.05) is 31.0 Å². The number of carbonyl (C=O) groups excluding carboxylic acids is 1. The summed E-state index contributed by atoms with van der Waals surface area (Å²) in [7, 11) is 0. The van der Waals surface area contributed by atoms with Crippen LogP contribution in [0.25, 0.3) is 0 Å². The van der Waals surface area contributed by atoms with E-state index in [1.165, 1.54) is 6.42 Å². The Morgan fingerprint density at radius 3 is 1.67 bits per heavy atom. The molecule has 0 aliphatic heterocycles. The van der Waals surface area contributed by atoms with Gasteiger partial charge in [-0.1, -0.05) is 60.1 Å². The SMILES string of the molecule is CC(C)(C)CCCCOCCOCCOCCCCc1c([N+](=O)[O-])cc(C(=O)Nc2ccc(CC(C)(C)C)cc2)cc1[N+](=O)[O-]. The van der Waals surface area contributed by atoms with Gasteiger partial charge in [0.25, 0.3) is 17.3 Å². The summed E-state index contributed by atoms with van der Waals surface area (Å²) in [6.07, 6.45) is 5.33. The van der Waals surface area contributed by atoms with E-state index in [2.05, 4.69) is 46.9 Å². The number of amides is 1. The number of ether oxygens (including phenoxy) is 3. The van der Waals surface area contributed by atoms with Gasteiger partial charge in [0.1, 0.15) is 5.56 Å². The summed E-state index contributed by atoms with van der Waals surface area (Å²) in [5, 5.41) is 26.4. The second-order valence-corrected chi connectivity index (χ2v) is 13.7. The van der Waals surface area contributed by atoms with Crippen LogP contribution in [0.15, 0.2) is 36.4 Å². The zero-order chi connectivity index (χ0) is 33.5. The molecule has 0 aromatic heterocycles. The van der Waals surface area contributed by atoms with Gasteiger partial charge in [-0.05, 0) is 67.1 Å².